The third-order valence-corrected chi connectivity index (χ3v) is 6.80. The molecule has 2 aromatic carbocycles. The quantitative estimate of drug-likeness (QED) is 0.607. The van der Waals surface area contributed by atoms with Crippen LogP contribution in [0.25, 0.3) is 17.0 Å². The standard InChI is InChI=1S/C27H29N3O3/c1-27(2)18-29(25(31)20-9-7-8-19(16-20)17-28-13-5-6-14-28)15-12-23-24(27)21-10-3-4-11-22(21)30(23)26(32)33/h3-4,7-12,15-16H,5-6,13-14,17-18H2,1-2H3,(H,32,33). The number of carbonyl (C=O) groups excluding carboxylic acids is 1. The Kier molecular flexibility index (Phi) is 5.33. The number of carbonyl (C=O) groups is 2. The lowest BCUT2D eigenvalue weighted by Gasteiger charge is -2.30. The van der Waals surface area contributed by atoms with Crippen LogP contribution in [0, 0.1) is 0 Å². The summed E-state index contributed by atoms with van der Waals surface area (Å²) in [6.45, 7) is 7.69. The van der Waals surface area contributed by atoms with Gasteiger partial charge in [-0.3, -0.25) is 9.69 Å². The molecule has 0 atom stereocenters. The number of hydrogen-bond donors (Lipinski definition) is 1. The summed E-state index contributed by atoms with van der Waals surface area (Å²) in [5.74, 6) is -0.0704. The van der Waals surface area contributed by atoms with E-state index < -0.39 is 11.5 Å². The molecular formula is C27H29N3O3. The molecule has 0 bridgehead atoms. The number of benzene rings is 2. The molecule has 1 saturated heterocycles. The molecule has 0 unspecified atom stereocenters. The summed E-state index contributed by atoms with van der Waals surface area (Å²) in [5.41, 5.74) is 3.60. The predicted molar refractivity (Wildman–Crippen MR) is 129 cm³/mol. The molecule has 6 nitrogen and oxygen atoms in total. The highest BCUT2D eigenvalue weighted by Gasteiger charge is 2.35. The van der Waals surface area contributed by atoms with Crippen molar-refractivity contribution >= 4 is 29.0 Å². The Balaban J connectivity index is 1.50. The van der Waals surface area contributed by atoms with Gasteiger partial charge in [-0.2, -0.15) is 0 Å². The Morgan fingerprint density at radius 2 is 1.79 bits per heavy atom. The van der Waals surface area contributed by atoms with Crippen molar-refractivity contribution in [2.75, 3.05) is 19.6 Å². The molecule has 1 aromatic heterocycles. The van der Waals surface area contributed by atoms with Gasteiger partial charge < -0.3 is 10.0 Å². The zero-order chi connectivity index (χ0) is 23.2. The highest BCUT2D eigenvalue weighted by Crippen LogP contribution is 2.39. The molecule has 1 N–H and O–H groups in total. The van der Waals surface area contributed by atoms with Crippen LogP contribution in [0.2, 0.25) is 0 Å². The van der Waals surface area contributed by atoms with Gasteiger partial charge in [-0.25, -0.2) is 9.36 Å². The molecule has 3 aromatic rings. The fourth-order valence-corrected chi connectivity index (χ4v) is 5.36. The summed E-state index contributed by atoms with van der Waals surface area (Å²) in [5, 5.41) is 10.8. The molecule has 2 aliphatic rings. The molecule has 1 amide bonds. The van der Waals surface area contributed by atoms with Crippen LogP contribution < -0.4 is 0 Å². The summed E-state index contributed by atoms with van der Waals surface area (Å²) < 4.78 is 1.33. The zero-order valence-electron chi connectivity index (χ0n) is 19.1. The van der Waals surface area contributed by atoms with Crippen LogP contribution in [0.5, 0.6) is 0 Å². The molecular weight excluding hydrogens is 414 g/mol. The van der Waals surface area contributed by atoms with Crippen molar-refractivity contribution in [3.05, 3.63) is 77.1 Å². The van der Waals surface area contributed by atoms with Crippen LogP contribution in [-0.2, 0) is 12.0 Å². The largest absolute Gasteiger partial charge is 0.464 e. The van der Waals surface area contributed by atoms with Crippen molar-refractivity contribution in [1.82, 2.24) is 14.4 Å². The molecule has 6 heteroatoms. The van der Waals surface area contributed by atoms with Crippen molar-refractivity contribution in [2.24, 2.45) is 0 Å². The molecule has 0 radical (unpaired) electrons. The first kappa shape index (κ1) is 21.5. The number of para-hydroxylation sites is 1. The Morgan fingerprint density at radius 3 is 2.55 bits per heavy atom. The van der Waals surface area contributed by atoms with E-state index in [-0.39, 0.29) is 5.91 Å². The number of fused-ring (bicyclic) bond motifs is 3. The lowest BCUT2D eigenvalue weighted by molar-refractivity contribution is 0.0801. The summed E-state index contributed by atoms with van der Waals surface area (Å²) >= 11 is 0. The van der Waals surface area contributed by atoms with Gasteiger partial charge in [0.25, 0.3) is 5.91 Å². The Hall–Kier alpha value is -3.38. The second kappa shape index (κ2) is 8.19. The van der Waals surface area contributed by atoms with Crippen molar-refractivity contribution in [3.8, 4) is 0 Å². The molecule has 2 aliphatic heterocycles. The summed E-state index contributed by atoms with van der Waals surface area (Å²) in [7, 11) is 0. The van der Waals surface area contributed by atoms with Gasteiger partial charge in [0.05, 0.1) is 11.2 Å². The van der Waals surface area contributed by atoms with Gasteiger partial charge in [-0.15, -0.1) is 0 Å². The topological polar surface area (TPSA) is 65.8 Å². The predicted octanol–water partition coefficient (Wildman–Crippen LogP) is 5.17. The number of nitrogens with zero attached hydrogens (tertiary/aromatic N) is 3. The molecule has 0 spiro atoms. The average molecular weight is 444 g/mol. The zero-order valence-corrected chi connectivity index (χ0v) is 19.1. The van der Waals surface area contributed by atoms with E-state index in [1.54, 1.807) is 17.2 Å². The fraction of sp³-hybridized carbons (Fsp3) is 0.333. The first-order chi connectivity index (χ1) is 15.8. The van der Waals surface area contributed by atoms with E-state index in [1.807, 2.05) is 42.5 Å². The summed E-state index contributed by atoms with van der Waals surface area (Å²) in [6.07, 6.45) is 4.95. The second-order valence-electron chi connectivity index (χ2n) is 9.71. The van der Waals surface area contributed by atoms with E-state index in [9.17, 15) is 14.7 Å². The van der Waals surface area contributed by atoms with E-state index in [0.29, 0.717) is 23.3 Å². The van der Waals surface area contributed by atoms with Crippen LogP contribution in [0.15, 0.2) is 54.7 Å². The van der Waals surface area contributed by atoms with Crippen molar-refractivity contribution in [2.45, 2.75) is 38.6 Å². The minimum Gasteiger partial charge on any atom is -0.464 e. The van der Waals surface area contributed by atoms with Crippen molar-refractivity contribution in [1.29, 1.82) is 0 Å². The van der Waals surface area contributed by atoms with Crippen molar-refractivity contribution < 1.29 is 14.7 Å². The first-order valence-electron chi connectivity index (χ1n) is 11.5. The maximum absolute atomic E-state index is 13.5. The molecule has 0 saturated carbocycles. The van der Waals surface area contributed by atoms with Gasteiger partial charge >= 0.3 is 6.09 Å². The molecule has 170 valence electrons. The minimum absolute atomic E-state index is 0.0704. The number of amides is 1. The van der Waals surface area contributed by atoms with Crippen LogP contribution >= 0.6 is 0 Å². The third-order valence-electron chi connectivity index (χ3n) is 6.80. The molecule has 3 heterocycles. The smallest absolute Gasteiger partial charge is 0.416 e. The number of aromatic nitrogens is 1. The van der Waals surface area contributed by atoms with Crippen LogP contribution in [0.4, 0.5) is 4.79 Å². The Labute approximate surface area is 193 Å². The van der Waals surface area contributed by atoms with Gasteiger partial charge in [-0.05, 0) is 61.3 Å². The van der Waals surface area contributed by atoms with E-state index in [1.165, 1.54) is 17.4 Å². The van der Waals surface area contributed by atoms with Gasteiger partial charge in [-0.1, -0.05) is 44.2 Å². The lowest BCUT2D eigenvalue weighted by Crippen LogP contribution is -2.37. The highest BCUT2D eigenvalue weighted by molar-refractivity contribution is 5.99. The second-order valence-corrected chi connectivity index (χ2v) is 9.71. The van der Waals surface area contributed by atoms with E-state index in [4.69, 9.17) is 0 Å². The van der Waals surface area contributed by atoms with Crippen LogP contribution in [0.1, 0.15) is 53.9 Å². The van der Waals surface area contributed by atoms with Crippen LogP contribution in [0.3, 0.4) is 0 Å². The third kappa shape index (κ3) is 3.85. The molecule has 1 fully saturated rings. The van der Waals surface area contributed by atoms with Gasteiger partial charge in [0, 0.05) is 35.7 Å². The molecule has 33 heavy (non-hydrogen) atoms. The highest BCUT2D eigenvalue weighted by atomic mass is 16.4. The number of rotatable bonds is 3. The Bertz CT molecular complexity index is 1260. The van der Waals surface area contributed by atoms with Gasteiger partial charge in [0.2, 0.25) is 0 Å². The molecule has 5 rings (SSSR count). The van der Waals surface area contributed by atoms with E-state index >= 15 is 0 Å². The van der Waals surface area contributed by atoms with Crippen LogP contribution in [-0.4, -0.2) is 51.1 Å². The van der Waals surface area contributed by atoms with Gasteiger partial charge in [0.1, 0.15) is 0 Å². The number of likely N-dealkylation sites (tertiary alicyclic amines) is 1. The van der Waals surface area contributed by atoms with E-state index in [2.05, 4.69) is 24.8 Å². The van der Waals surface area contributed by atoms with Crippen molar-refractivity contribution in [3.63, 3.8) is 0 Å². The fourth-order valence-electron chi connectivity index (χ4n) is 5.36. The normalized spacial score (nSPS) is 17.8. The maximum atomic E-state index is 13.5. The van der Waals surface area contributed by atoms with Gasteiger partial charge in [0.15, 0.2) is 0 Å². The van der Waals surface area contributed by atoms with E-state index in [0.717, 1.165) is 36.1 Å². The SMILES string of the molecule is CC1(C)CN(C(=O)c2cccc(CN3CCCC3)c2)C=Cc2c1c1ccccc1n2C(=O)O. The number of carboxylic acid groups (broad SMARTS) is 1. The summed E-state index contributed by atoms with van der Waals surface area (Å²) in [4.78, 5) is 29.8. The monoisotopic (exact) mass is 443 g/mol. The average Bonchev–Trinajstić information content (AvgIpc) is 3.38. The summed E-state index contributed by atoms with van der Waals surface area (Å²) in [6, 6.07) is 15.4. The Morgan fingerprint density at radius 1 is 1.03 bits per heavy atom. The molecule has 0 aliphatic carbocycles. The number of hydrogen-bond acceptors (Lipinski definition) is 3. The first-order valence-corrected chi connectivity index (χ1v) is 11.5. The minimum atomic E-state index is -1.03. The maximum Gasteiger partial charge on any atom is 0.416 e. The lowest BCUT2D eigenvalue weighted by atomic mass is 9.82.